The second-order valence-electron chi connectivity index (χ2n) is 2.53. The van der Waals surface area contributed by atoms with E-state index < -0.39 is 29.1 Å². The number of pyridine rings is 1. The molecule has 0 amide bonds. The van der Waals surface area contributed by atoms with E-state index >= 15 is 0 Å². The monoisotopic (exact) mass is 373 g/mol. The second kappa shape index (κ2) is 4.59. The minimum atomic E-state index is -4.65. The number of hydrogen-bond acceptors (Lipinski definition) is 2. The summed E-state index contributed by atoms with van der Waals surface area (Å²) in [7, 11) is 0. The third-order valence-corrected chi connectivity index (χ3v) is 3.30. The minimum absolute atomic E-state index is 0.324. The molecular formula is C7H2F6INS. The first kappa shape index (κ1) is 13.9. The van der Waals surface area contributed by atoms with E-state index in [1.807, 2.05) is 0 Å². The lowest BCUT2D eigenvalue weighted by Gasteiger charge is -2.10. The largest absolute Gasteiger partial charge is 0.446 e. The molecule has 1 aromatic rings. The number of halogens is 7. The van der Waals surface area contributed by atoms with Crippen molar-refractivity contribution in [2.45, 2.75) is 16.6 Å². The van der Waals surface area contributed by atoms with E-state index in [0.717, 1.165) is 6.07 Å². The fraction of sp³-hybridized carbons (Fsp3) is 0.286. The molecule has 1 nitrogen and oxygen atoms in total. The Hall–Kier alpha value is -0.190. The molecule has 0 saturated heterocycles. The Morgan fingerprint density at radius 3 is 2.00 bits per heavy atom. The van der Waals surface area contributed by atoms with Gasteiger partial charge in [-0.25, -0.2) is 4.98 Å². The first-order valence-electron chi connectivity index (χ1n) is 3.59. The Bertz CT molecular complexity index is 387. The van der Waals surface area contributed by atoms with Gasteiger partial charge in [-0.15, -0.1) is 0 Å². The smallest absolute Gasteiger partial charge is 0.236 e. The maximum absolute atomic E-state index is 12.1. The maximum Gasteiger partial charge on any atom is 0.446 e. The first-order chi connectivity index (χ1) is 7.09. The molecule has 0 atom stereocenters. The molecule has 1 rings (SSSR count). The molecule has 0 saturated carbocycles. The molecule has 9 heteroatoms. The average Bonchev–Trinajstić information content (AvgIpc) is 2.04. The average molecular weight is 373 g/mol. The molecular weight excluding hydrogens is 371 g/mol. The van der Waals surface area contributed by atoms with Crippen molar-refractivity contribution in [1.29, 1.82) is 0 Å². The van der Waals surface area contributed by atoms with Crippen LogP contribution in [0.1, 0.15) is 5.69 Å². The van der Waals surface area contributed by atoms with Crippen LogP contribution < -0.4 is 0 Å². The van der Waals surface area contributed by atoms with Crippen molar-refractivity contribution in [2.75, 3.05) is 0 Å². The number of rotatable bonds is 1. The van der Waals surface area contributed by atoms with Crippen molar-refractivity contribution in [1.82, 2.24) is 4.98 Å². The Labute approximate surface area is 104 Å². The zero-order valence-corrected chi connectivity index (χ0v) is 10.1. The van der Waals surface area contributed by atoms with Gasteiger partial charge in [0.25, 0.3) is 0 Å². The number of aromatic nitrogens is 1. The van der Waals surface area contributed by atoms with Crippen LogP contribution in [0.3, 0.4) is 0 Å². The van der Waals surface area contributed by atoms with Crippen molar-refractivity contribution >= 4 is 34.4 Å². The van der Waals surface area contributed by atoms with Gasteiger partial charge in [-0.1, -0.05) is 0 Å². The van der Waals surface area contributed by atoms with Gasteiger partial charge in [-0.2, -0.15) is 26.3 Å². The van der Waals surface area contributed by atoms with E-state index in [0.29, 0.717) is 6.07 Å². The van der Waals surface area contributed by atoms with Gasteiger partial charge in [-0.05, 0) is 46.5 Å². The lowest BCUT2D eigenvalue weighted by molar-refractivity contribution is -0.141. The van der Waals surface area contributed by atoms with Gasteiger partial charge in [0.1, 0.15) is 9.39 Å². The second-order valence-corrected chi connectivity index (χ2v) is 4.66. The van der Waals surface area contributed by atoms with Gasteiger partial charge < -0.3 is 0 Å². The quantitative estimate of drug-likeness (QED) is 0.315. The van der Waals surface area contributed by atoms with E-state index in [9.17, 15) is 26.3 Å². The van der Waals surface area contributed by atoms with Crippen LogP contribution in [0.5, 0.6) is 0 Å². The Morgan fingerprint density at radius 2 is 1.62 bits per heavy atom. The first-order valence-corrected chi connectivity index (χ1v) is 5.48. The van der Waals surface area contributed by atoms with E-state index in [-0.39, 0.29) is 8.60 Å². The van der Waals surface area contributed by atoms with Crippen molar-refractivity contribution < 1.29 is 26.3 Å². The maximum atomic E-state index is 12.1. The summed E-state index contributed by atoms with van der Waals surface area (Å²) in [6.45, 7) is 0. The molecule has 1 heterocycles. The van der Waals surface area contributed by atoms with E-state index in [1.165, 1.54) is 22.6 Å². The summed E-state index contributed by atoms with van der Waals surface area (Å²) in [5.41, 5.74) is -5.75. The lowest BCUT2D eigenvalue weighted by Crippen LogP contribution is -2.09. The van der Waals surface area contributed by atoms with Gasteiger partial charge in [0.15, 0.2) is 0 Å². The predicted octanol–water partition coefficient (Wildman–Crippen LogP) is 4.32. The van der Waals surface area contributed by atoms with Crippen molar-refractivity contribution in [2.24, 2.45) is 0 Å². The lowest BCUT2D eigenvalue weighted by atomic mass is 10.3. The van der Waals surface area contributed by atoms with Crippen LogP contribution in [0.4, 0.5) is 26.3 Å². The van der Waals surface area contributed by atoms with E-state index in [1.54, 1.807) is 0 Å². The fourth-order valence-corrected chi connectivity index (χ4v) is 2.07. The van der Waals surface area contributed by atoms with Crippen LogP contribution in [0.2, 0.25) is 0 Å². The van der Waals surface area contributed by atoms with Gasteiger partial charge in [0.2, 0.25) is 0 Å². The standard InChI is InChI=1S/C7H2F6INS/c8-6(9,10)4-2-1-3(5(14)15-4)16-7(11,12)13/h1-2H. The predicted molar refractivity (Wildman–Crippen MR) is 53.9 cm³/mol. The summed E-state index contributed by atoms with van der Waals surface area (Å²) in [6.07, 6.45) is -4.65. The number of hydrogen-bond donors (Lipinski definition) is 0. The van der Waals surface area contributed by atoms with Crippen molar-refractivity contribution in [3.05, 3.63) is 21.5 Å². The van der Waals surface area contributed by atoms with Gasteiger partial charge in [0, 0.05) is 4.90 Å². The third kappa shape index (κ3) is 4.00. The summed E-state index contributed by atoms with van der Waals surface area (Å²) >= 11 is 0.843. The molecule has 0 unspecified atom stereocenters. The summed E-state index contributed by atoms with van der Waals surface area (Å²) < 4.78 is 72.0. The molecule has 0 aliphatic heterocycles. The number of alkyl halides is 6. The van der Waals surface area contributed by atoms with Crippen molar-refractivity contribution in [3.63, 3.8) is 0 Å². The molecule has 0 aromatic carbocycles. The summed E-state index contributed by atoms with van der Waals surface area (Å²) in [5, 5.41) is 0. The summed E-state index contributed by atoms with van der Waals surface area (Å²) in [5.74, 6) is 0. The molecule has 90 valence electrons. The molecule has 0 fully saturated rings. The third-order valence-electron chi connectivity index (χ3n) is 1.33. The van der Waals surface area contributed by atoms with Crippen LogP contribution in [0, 0.1) is 3.70 Å². The van der Waals surface area contributed by atoms with Crippen LogP contribution in [-0.2, 0) is 6.18 Å². The van der Waals surface area contributed by atoms with Crippen LogP contribution in [-0.4, -0.2) is 10.5 Å². The van der Waals surface area contributed by atoms with Gasteiger partial charge in [0.05, 0.1) is 0 Å². The number of thioether (sulfide) groups is 1. The molecule has 0 spiro atoms. The Kier molecular flexibility index (Phi) is 3.98. The molecule has 0 N–H and O–H groups in total. The number of nitrogens with zero attached hydrogens (tertiary/aromatic N) is 1. The summed E-state index contributed by atoms with van der Waals surface area (Å²) in [6, 6.07) is 1.28. The molecule has 0 radical (unpaired) electrons. The van der Waals surface area contributed by atoms with Crippen LogP contribution in [0.15, 0.2) is 17.0 Å². The summed E-state index contributed by atoms with van der Waals surface area (Å²) in [4.78, 5) is 2.72. The minimum Gasteiger partial charge on any atom is -0.236 e. The van der Waals surface area contributed by atoms with Crippen LogP contribution in [0.25, 0.3) is 0 Å². The molecule has 1 aromatic heterocycles. The van der Waals surface area contributed by atoms with E-state index in [4.69, 9.17) is 0 Å². The molecule has 0 bridgehead atoms. The highest BCUT2D eigenvalue weighted by Gasteiger charge is 2.35. The Morgan fingerprint density at radius 1 is 1.06 bits per heavy atom. The molecule has 16 heavy (non-hydrogen) atoms. The van der Waals surface area contributed by atoms with Crippen LogP contribution >= 0.6 is 34.4 Å². The van der Waals surface area contributed by atoms with Gasteiger partial charge in [-0.3, -0.25) is 0 Å². The highest BCUT2D eigenvalue weighted by Crippen LogP contribution is 2.39. The normalized spacial score (nSPS) is 12.9. The zero-order chi connectivity index (χ0) is 12.6. The zero-order valence-electron chi connectivity index (χ0n) is 7.16. The fourth-order valence-electron chi connectivity index (χ4n) is 0.780. The highest BCUT2D eigenvalue weighted by molar-refractivity contribution is 14.1. The van der Waals surface area contributed by atoms with E-state index in [2.05, 4.69) is 4.98 Å². The van der Waals surface area contributed by atoms with Gasteiger partial charge >= 0.3 is 11.7 Å². The highest BCUT2D eigenvalue weighted by atomic mass is 127. The molecule has 0 aliphatic rings. The molecule has 0 aliphatic carbocycles. The van der Waals surface area contributed by atoms with Crippen molar-refractivity contribution in [3.8, 4) is 0 Å². The Balaban J connectivity index is 3.01. The SMILES string of the molecule is FC(F)(F)Sc1ccc(C(F)(F)F)nc1I. The topological polar surface area (TPSA) is 12.9 Å².